The lowest BCUT2D eigenvalue weighted by atomic mass is 10.3. The molecule has 1 aromatic heterocycles. The lowest BCUT2D eigenvalue weighted by Crippen LogP contribution is -2.32. The van der Waals surface area contributed by atoms with E-state index in [1.807, 2.05) is 25.7 Å². The molecule has 96 valence electrons. The van der Waals surface area contributed by atoms with Crippen molar-refractivity contribution in [2.24, 2.45) is 0 Å². The van der Waals surface area contributed by atoms with Crippen molar-refractivity contribution in [1.82, 2.24) is 15.0 Å². The number of nitrogens with zero attached hydrogens (tertiary/aromatic N) is 4. The van der Waals surface area contributed by atoms with Crippen molar-refractivity contribution in [2.45, 2.75) is 46.8 Å². The molecule has 0 amide bonds. The van der Waals surface area contributed by atoms with Crippen LogP contribution in [0.15, 0.2) is 0 Å². The van der Waals surface area contributed by atoms with Gasteiger partial charge in [-0.05, 0) is 46.2 Å². The molecule has 0 spiro atoms. The molecule has 1 heterocycles. The summed E-state index contributed by atoms with van der Waals surface area (Å²) in [5.74, 6) is 0.554. The van der Waals surface area contributed by atoms with Gasteiger partial charge in [0.2, 0.25) is 11.2 Å². The molecule has 0 saturated heterocycles. The van der Waals surface area contributed by atoms with Crippen LogP contribution in [0.5, 0.6) is 6.01 Å². The van der Waals surface area contributed by atoms with Crippen LogP contribution >= 0.6 is 11.6 Å². The molecule has 5 nitrogen and oxygen atoms in total. The van der Waals surface area contributed by atoms with Crippen LogP contribution in [0.2, 0.25) is 5.28 Å². The van der Waals surface area contributed by atoms with Gasteiger partial charge >= 0.3 is 6.01 Å². The van der Waals surface area contributed by atoms with Crippen molar-refractivity contribution in [3.8, 4) is 6.01 Å². The molecule has 6 heteroatoms. The largest absolute Gasteiger partial charge is 0.461 e. The molecular weight excluding hydrogens is 240 g/mol. The molecule has 1 aromatic rings. The smallest absolute Gasteiger partial charge is 0.322 e. The van der Waals surface area contributed by atoms with Gasteiger partial charge in [-0.2, -0.15) is 15.0 Å². The summed E-state index contributed by atoms with van der Waals surface area (Å²) in [5.41, 5.74) is 0. The Balaban J connectivity index is 3.03. The summed E-state index contributed by atoms with van der Waals surface area (Å²) in [5, 5.41) is 0.157. The van der Waals surface area contributed by atoms with Crippen LogP contribution in [0, 0.1) is 0 Å². The van der Waals surface area contributed by atoms with E-state index in [0.717, 1.165) is 6.54 Å². The maximum atomic E-state index is 5.87. The summed E-state index contributed by atoms with van der Waals surface area (Å²) in [6.45, 7) is 10.8. The Morgan fingerprint density at radius 2 is 1.82 bits per heavy atom. The Kier molecular flexibility index (Phi) is 4.93. The summed E-state index contributed by atoms with van der Waals surface area (Å²) in [4.78, 5) is 14.4. The van der Waals surface area contributed by atoms with Crippen LogP contribution in [0.4, 0.5) is 5.95 Å². The standard InChI is InChI=1S/C11H19ClN4O/c1-6-16(7(2)3)10-13-9(12)14-11(15-10)17-8(4)5/h7-8H,6H2,1-5H3. The Labute approximate surface area is 107 Å². The summed E-state index contributed by atoms with van der Waals surface area (Å²) >= 11 is 5.87. The van der Waals surface area contributed by atoms with Gasteiger partial charge in [-0.1, -0.05) is 0 Å². The van der Waals surface area contributed by atoms with E-state index in [0.29, 0.717) is 12.0 Å². The normalized spacial score (nSPS) is 11.1. The maximum Gasteiger partial charge on any atom is 0.322 e. The molecular formula is C11H19ClN4O. The van der Waals surface area contributed by atoms with Crippen LogP contribution in [-0.2, 0) is 0 Å². The van der Waals surface area contributed by atoms with E-state index in [-0.39, 0.29) is 17.4 Å². The minimum absolute atomic E-state index is 0.00967. The highest BCUT2D eigenvalue weighted by Crippen LogP contribution is 2.17. The summed E-state index contributed by atoms with van der Waals surface area (Å²) in [6, 6.07) is 0.569. The van der Waals surface area contributed by atoms with Crippen molar-refractivity contribution in [3.63, 3.8) is 0 Å². The van der Waals surface area contributed by atoms with Gasteiger partial charge in [0.05, 0.1) is 6.10 Å². The van der Waals surface area contributed by atoms with Crippen molar-refractivity contribution in [3.05, 3.63) is 5.28 Å². The van der Waals surface area contributed by atoms with Crippen LogP contribution < -0.4 is 9.64 Å². The fourth-order valence-electron chi connectivity index (χ4n) is 1.45. The number of anilines is 1. The second kappa shape index (κ2) is 6.00. The van der Waals surface area contributed by atoms with Crippen LogP contribution in [0.25, 0.3) is 0 Å². The summed E-state index contributed by atoms with van der Waals surface area (Å²) < 4.78 is 5.44. The SMILES string of the molecule is CCN(c1nc(Cl)nc(OC(C)C)n1)C(C)C. The fourth-order valence-corrected chi connectivity index (χ4v) is 1.60. The molecule has 0 aromatic carbocycles. The van der Waals surface area contributed by atoms with Crippen molar-refractivity contribution in [1.29, 1.82) is 0 Å². The number of hydrogen-bond donors (Lipinski definition) is 0. The highest BCUT2D eigenvalue weighted by atomic mass is 35.5. The Morgan fingerprint density at radius 3 is 2.29 bits per heavy atom. The summed E-state index contributed by atoms with van der Waals surface area (Å²) in [7, 11) is 0. The minimum Gasteiger partial charge on any atom is -0.461 e. The Hall–Kier alpha value is -1.10. The van der Waals surface area contributed by atoms with Gasteiger partial charge in [-0.3, -0.25) is 0 Å². The van der Waals surface area contributed by atoms with Gasteiger partial charge in [0, 0.05) is 12.6 Å². The van der Waals surface area contributed by atoms with E-state index in [1.165, 1.54) is 0 Å². The number of rotatable bonds is 5. The third-order valence-electron chi connectivity index (χ3n) is 2.14. The summed E-state index contributed by atoms with van der Waals surface area (Å²) in [6.07, 6.45) is 0.00967. The van der Waals surface area contributed by atoms with E-state index >= 15 is 0 Å². The topological polar surface area (TPSA) is 51.1 Å². The van der Waals surface area contributed by atoms with Gasteiger partial charge in [0.1, 0.15) is 0 Å². The van der Waals surface area contributed by atoms with Crippen LogP contribution in [0.3, 0.4) is 0 Å². The molecule has 0 atom stereocenters. The quantitative estimate of drug-likeness (QED) is 0.812. The van der Waals surface area contributed by atoms with Crippen molar-refractivity contribution >= 4 is 17.5 Å². The van der Waals surface area contributed by atoms with Gasteiger partial charge in [0.15, 0.2) is 0 Å². The first kappa shape index (κ1) is 14.0. The number of hydrogen-bond acceptors (Lipinski definition) is 5. The van der Waals surface area contributed by atoms with Crippen molar-refractivity contribution in [2.75, 3.05) is 11.4 Å². The lowest BCUT2D eigenvalue weighted by Gasteiger charge is -2.25. The van der Waals surface area contributed by atoms with E-state index in [4.69, 9.17) is 16.3 Å². The molecule has 1 rings (SSSR count). The molecule has 0 radical (unpaired) electrons. The van der Waals surface area contributed by atoms with E-state index in [2.05, 4.69) is 28.8 Å². The van der Waals surface area contributed by atoms with E-state index in [1.54, 1.807) is 0 Å². The van der Waals surface area contributed by atoms with Gasteiger partial charge < -0.3 is 9.64 Å². The van der Waals surface area contributed by atoms with Gasteiger partial charge in [0.25, 0.3) is 0 Å². The molecule has 0 fully saturated rings. The zero-order valence-electron chi connectivity index (χ0n) is 10.9. The molecule has 0 N–H and O–H groups in total. The van der Waals surface area contributed by atoms with Crippen LogP contribution in [-0.4, -0.2) is 33.6 Å². The first-order valence-electron chi connectivity index (χ1n) is 5.78. The maximum absolute atomic E-state index is 5.87. The predicted octanol–water partition coefficient (Wildman–Crippen LogP) is 2.55. The molecule has 0 unspecified atom stereocenters. The predicted molar refractivity (Wildman–Crippen MR) is 68.8 cm³/mol. The van der Waals surface area contributed by atoms with Gasteiger partial charge in [-0.15, -0.1) is 0 Å². The number of aromatic nitrogens is 3. The van der Waals surface area contributed by atoms with Gasteiger partial charge in [-0.25, -0.2) is 0 Å². The average Bonchev–Trinajstić information content (AvgIpc) is 2.15. The second-order valence-electron chi connectivity index (χ2n) is 4.23. The molecule has 0 aliphatic carbocycles. The average molecular weight is 259 g/mol. The number of halogens is 1. The first-order valence-corrected chi connectivity index (χ1v) is 6.16. The van der Waals surface area contributed by atoms with Crippen molar-refractivity contribution < 1.29 is 4.74 Å². The lowest BCUT2D eigenvalue weighted by molar-refractivity contribution is 0.221. The Bertz CT molecular complexity index is 370. The zero-order valence-corrected chi connectivity index (χ0v) is 11.7. The number of ether oxygens (including phenoxy) is 1. The van der Waals surface area contributed by atoms with E-state index < -0.39 is 0 Å². The fraction of sp³-hybridized carbons (Fsp3) is 0.727. The highest BCUT2D eigenvalue weighted by Gasteiger charge is 2.15. The molecule has 0 bridgehead atoms. The highest BCUT2D eigenvalue weighted by molar-refractivity contribution is 6.28. The third kappa shape index (κ3) is 4.00. The molecule has 0 saturated carbocycles. The van der Waals surface area contributed by atoms with Crippen LogP contribution in [0.1, 0.15) is 34.6 Å². The Morgan fingerprint density at radius 1 is 1.18 bits per heavy atom. The zero-order chi connectivity index (χ0) is 13.0. The second-order valence-corrected chi connectivity index (χ2v) is 4.57. The molecule has 0 aliphatic rings. The monoisotopic (exact) mass is 258 g/mol. The molecule has 0 aliphatic heterocycles. The molecule has 17 heavy (non-hydrogen) atoms. The minimum atomic E-state index is 0.00967. The third-order valence-corrected chi connectivity index (χ3v) is 2.31. The first-order chi connectivity index (χ1) is 7.93. The van der Waals surface area contributed by atoms with E-state index in [9.17, 15) is 0 Å².